The van der Waals surface area contributed by atoms with Crippen molar-refractivity contribution in [3.8, 4) is 0 Å². The van der Waals surface area contributed by atoms with Gasteiger partial charge in [0, 0.05) is 6.20 Å². The Morgan fingerprint density at radius 3 is 2.57 bits per heavy atom. The molecule has 77 valence electrons. The van der Waals surface area contributed by atoms with Gasteiger partial charge in [-0.25, -0.2) is 0 Å². The van der Waals surface area contributed by atoms with Crippen molar-refractivity contribution in [1.29, 1.82) is 0 Å². The molecule has 0 aliphatic rings. The summed E-state index contributed by atoms with van der Waals surface area (Å²) < 4.78 is 0. The Hall–Kier alpha value is -0.890. The summed E-state index contributed by atoms with van der Waals surface area (Å²) in [5.41, 5.74) is 8.21. The maximum Gasteiger partial charge on any atom is 0.0820 e. The molecule has 0 saturated heterocycles. The Morgan fingerprint density at radius 2 is 2.07 bits per heavy atom. The summed E-state index contributed by atoms with van der Waals surface area (Å²) in [6.07, 6.45) is 2.68. The molecule has 0 spiro atoms. The molecule has 2 N–H and O–H groups in total. The van der Waals surface area contributed by atoms with Crippen LogP contribution in [0.5, 0.6) is 0 Å². The highest BCUT2D eigenvalue weighted by atomic mass is 14.8. The number of rotatable bonds is 2. The molecule has 0 bridgehead atoms. The number of pyridine rings is 1. The van der Waals surface area contributed by atoms with Gasteiger partial charge in [0.05, 0.1) is 11.7 Å². The van der Waals surface area contributed by atoms with E-state index in [-0.39, 0.29) is 5.41 Å². The first-order valence-corrected chi connectivity index (χ1v) is 5.03. The van der Waals surface area contributed by atoms with E-state index >= 15 is 0 Å². The van der Waals surface area contributed by atoms with E-state index in [2.05, 4.69) is 31.8 Å². The summed E-state index contributed by atoms with van der Waals surface area (Å²) in [7, 11) is 0. The maximum atomic E-state index is 5.86. The van der Waals surface area contributed by atoms with Gasteiger partial charge in [0.25, 0.3) is 0 Å². The van der Waals surface area contributed by atoms with Crippen LogP contribution in [0.2, 0.25) is 0 Å². The minimum Gasteiger partial charge on any atom is -0.318 e. The van der Waals surface area contributed by atoms with Crippen LogP contribution < -0.4 is 5.73 Å². The lowest BCUT2D eigenvalue weighted by atomic mass is 9.87. The summed E-state index contributed by atoms with van der Waals surface area (Å²) >= 11 is 0. The second-order valence-corrected chi connectivity index (χ2v) is 4.56. The third-order valence-electron chi connectivity index (χ3n) is 2.34. The van der Waals surface area contributed by atoms with Gasteiger partial charge in [0.1, 0.15) is 0 Å². The Kier molecular flexibility index (Phi) is 3.27. The van der Waals surface area contributed by atoms with Crippen molar-refractivity contribution in [1.82, 2.24) is 4.98 Å². The number of hydrogen-bond donors (Lipinski definition) is 1. The van der Waals surface area contributed by atoms with Crippen LogP contribution in [0.3, 0.4) is 0 Å². The van der Waals surface area contributed by atoms with Gasteiger partial charge in [-0.1, -0.05) is 27.7 Å². The summed E-state index contributed by atoms with van der Waals surface area (Å²) in [6.45, 7) is 8.61. The molecule has 0 atom stereocenters. The Balaban J connectivity index is 3.01. The highest BCUT2D eigenvalue weighted by Crippen LogP contribution is 2.23. The van der Waals surface area contributed by atoms with E-state index in [0.717, 1.165) is 18.2 Å². The summed E-state index contributed by atoms with van der Waals surface area (Å²) in [5.74, 6) is 0. The fourth-order valence-electron chi connectivity index (χ4n) is 1.25. The molecule has 0 aromatic carbocycles. The molecule has 0 fully saturated rings. The first-order valence-electron chi connectivity index (χ1n) is 5.03. The Bertz CT molecular complexity index is 299. The van der Waals surface area contributed by atoms with E-state index in [1.54, 1.807) is 0 Å². The predicted molar refractivity (Wildman–Crippen MR) is 59.8 cm³/mol. The second-order valence-electron chi connectivity index (χ2n) is 4.56. The van der Waals surface area contributed by atoms with Gasteiger partial charge < -0.3 is 5.73 Å². The van der Waals surface area contributed by atoms with Gasteiger partial charge in [-0.3, -0.25) is 4.98 Å². The van der Waals surface area contributed by atoms with Crippen LogP contribution in [0.25, 0.3) is 0 Å². The van der Waals surface area contributed by atoms with E-state index in [9.17, 15) is 0 Å². The lowest BCUT2D eigenvalue weighted by molar-refractivity contribution is 0.588. The van der Waals surface area contributed by atoms with Gasteiger partial charge >= 0.3 is 0 Å². The number of nitrogens with two attached hydrogens (primary N) is 1. The third kappa shape index (κ3) is 2.55. The molecule has 0 amide bonds. The zero-order valence-electron chi connectivity index (χ0n) is 9.46. The van der Waals surface area contributed by atoms with Gasteiger partial charge in [-0.2, -0.15) is 0 Å². The molecule has 0 unspecified atom stereocenters. The molecular weight excluding hydrogens is 172 g/mol. The van der Waals surface area contributed by atoms with Crippen LogP contribution in [0.4, 0.5) is 0 Å². The van der Waals surface area contributed by atoms with Crippen LogP contribution in [0.15, 0.2) is 18.3 Å². The van der Waals surface area contributed by atoms with E-state index in [1.165, 1.54) is 5.56 Å². The molecular formula is C12H19N2. The average molecular weight is 191 g/mol. The summed E-state index contributed by atoms with van der Waals surface area (Å²) in [4.78, 5) is 4.26. The Morgan fingerprint density at radius 1 is 1.43 bits per heavy atom. The average Bonchev–Trinajstić information content (AvgIpc) is 2.15. The number of nitrogens with zero attached hydrogens (tertiary/aromatic N) is 1. The normalized spacial score (nSPS) is 12.1. The van der Waals surface area contributed by atoms with Crippen molar-refractivity contribution in [2.24, 2.45) is 5.73 Å². The SMILES string of the molecule is CC[C](N)c1cc(C(C)(C)C)ccn1. The lowest BCUT2D eigenvalue weighted by Crippen LogP contribution is -2.16. The van der Waals surface area contributed by atoms with Crippen LogP contribution >= 0.6 is 0 Å². The fourth-order valence-corrected chi connectivity index (χ4v) is 1.25. The molecule has 1 aromatic heterocycles. The molecule has 2 heteroatoms. The topological polar surface area (TPSA) is 38.9 Å². The van der Waals surface area contributed by atoms with Gasteiger partial charge in [-0.05, 0) is 29.5 Å². The molecule has 1 radical (unpaired) electrons. The summed E-state index contributed by atoms with van der Waals surface area (Å²) in [6, 6.07) is 4.99. The molecule has 1 heterocycles. The zero-order valence-corrected chi connectivity index (χ0v) is 9.46. The van der Waals surface area contributed by atoms with E-state index in [0.29, 0.717) is 0 Å². The van der Waals surface area contributed by atoms with Crippen molar-refractivity contribution in [2.45, 2.75) is 39.5 Å². The minimum atomic E-state index is 0.158. The zero-order chi connectivity index (χ0) is 10.8. The molecule has 2 nitrogen and oxygen atoms in total. The quantitative estimate of drug-likeness (QED) is 0.780. The largest absolute Gasteiger partial charge is 0.318 e. The maximum absolute atomic E-state index is 5.86. The lowest BCUT2D eigenvalue weighted by Gasteiger charge is -2.20. The van der Waals surface area contributed by atoms with E-state index in [4.69, 9.17) is 5.73 Å². The molecule has 0 saturated carbocycles. The molecule has 1 aromatic rings. The first-order chi connectivity index (χ1) is 6.45. The van der Waals surface area contributed by atoms with Crippen LogP contribution in [-0.4, -0.2) is 4.98 Å². The first kappa shape index (κ1) is 11.2. The Labute approximate surface area is 86.5 Å². The minimum absolute atomic E-state index is 0.158. The molecule has 1 rings (SSSR count). The van der Waals surface area contributed by atoms with Gasteiger partial charge in [0.2, 0.25) is 0 Å². The highest BCUT2D eigenvalue weighted by Gasteiger charge is 2.15. The summed E-state index contributed by atoms with van der Waals surface area (Å²) in [5, 5.41) is 0. The molecule has 0 aliphatic heterocycles. The van der Waals surface area contributed by atoms with Crippen molar-refractivity contribution in [3.05, 3.63) is 35.6 Å². The monoisotopic (exact) mass is 191 g/mol. The van der Waals surface area contributed by atoms with Crippen LogP contribution in [-0.2, 0) is 5.41 Å². The van der Waals surface area contributed by atoms with Crippen molar-refractivity contribution >= 4 is 0 Å². The van der Waals surface area contributed by atoms with Crippen LogP contribution in [0, 0.1) is 6.04 Å². The van der Waals surface area contributed by atoms with Crippen molar-refractivity contribution < 1.29 is 0 Å². The van der Waals surface area contributed by atoms with E-state index in [1.807, 2.05) is 19.2 Å². The van der Waals surface area contributed by atoms with E-state index < -0.39 is 0 Å². The molecule has 0 aliphatic carbocycles. The van der Waals surface area contributed by atoms with Gasteiger partial charge in [0.15, 0.2) is 0 Å². The van der Waals surface area contributed by atoms with Crippen molar-refractivity contribution in [3.63, 3.8) is 0 Å². The third-order valence-corrected chi connectivity index (χ3v) is 2.34. The van der Waals surface area contributed by atoms with Crippen molar-refractivity contribution in [2.75, 3.05) is 0 Å². The highest BCUT2D eigenvalue weighted by molar-refractivity contribution is 5.29. The fraction of sp³-hybridized carbons (Fsp3) is 0.500. The number of aromatic nitrogens is 1. The number of hydrogen-bond acceptors (Lipinski definition) is 2. The smallest absolute Gasteiger partial charge is 0.0820 e. The van der Waals surface area contributed by atoms with Crippen LogP contribution in [0.1, 0.15) is 45.4 Å². The standard InChI is InChI=1S/C12H19N2/c1-5-10(13)11-8-9(6-7-14-11)12(2,3)4/h6-8H,5,13H2,1-4H3. The molecule has 14 heavy (non-hydrogen) atoms. The second kappa shape index (κ2) is 4.09. The predicted octanol–water partition coefficient (Wildman–Crippen LogP) is 2.63. The van der Waals surface area contributed by atoms with Gasteiger partial charge in [-0.15, -0.1) is 0 Å².